The van der Waals surface area contributed by atoms with Crippen molar-refractivity contribution in [1.82, 2.24) is 14.8 Å². The van der Waals surface area contributed by atoms with Crippen LogP contribution in [0.2, 0.25) is 0 Å². The number of nitrogens with zero attached hydrogens (tertiary/aromatic N) is 4. The Bertz CT molecular complexity index is 677. The molecule has 7 nitrogen and oxygen atoms in total. The highest BCUT2D eigenvalue weighted by atomic mass is 16.6. The number of carbonyl (C=O) groups excluding carboxylic acids is 1. The Morgan fingerprint density at radius 2 is 2.00 bits per heavy atom. The van der Waals surface area contributed by atoms with Gasteiger partial charge in [0, 0.05) is 0 Å². The molecule has 7 heteroatoms. The second-order valence-corrected chi connectivity index (χ2v) is 5.30. The van der Waals surface area contributed by atoms with Gasteiger partial charge in [-0.05, 0) is 45.0 Å². The molecule has 1 aromatic carbocycles. The maximum atomic E-state index is 11.6. The molecule has 0 fully saturated rings. The minimum Gasteiger partial charge on any atom is -0.444 e. The summed E-state index contributed by atoms with van der Waals surface area (Å²) in [6.45, 7) is 5.32. The summed E-state index contributed by atoms with van der Waals surface area (Å²) in [6.07, 6.45) is 0.855. The molecular formula is C14H15N5O2. The highest BCUT2D eigenvalue weighted by Crippen LogP contribution is 2.11. The van der Waals surface area contributed by atoms with Crippen LogP contribution in [0.15, 0.2) is 30.6 Å². The lowest BCUT2D eigenvalue weighted by Crippen LogP contribution is -2.27. The van der Waals surface area contributed by atoms with Crippen LogP contribution in [-0.4, -0.2) is 26.5 Å². The van der Waals surface area contributed by atoms with E-state index in [2.05, 4.69) is 15.4 Å². The Kier molecular flexibility index (Phi) is 3.89. The van der Waals surface area contributed by atoms with Crippen molar-refractivity contribution >= 4 is 12.0 Å². The molecule has 0 radical (unpaired) electrons. The zero-order valence-electron chi connectivity index (χ0n) is 12.0. The monoisotopic (exact) mass is 285 g/mol. The lowest BCUT2D eigenvalue weighted by molar-refractivity contribution is 0.0634. The molecule has 0 saturated carbocycles. The van der Waals surface area contributed by atoms with E-state index in [4.69, 9.17) is 10.00 Å². The van der Waals surface area contributed by atoms with E-state index in [1.807, 2.05) is 6.07 Å². The largest absolute Gasteiger partial charge is 0.444 e. The van der Waals surface area contributed by atoms with Crippen LogP contribution in [-0.2, 0) is 4.74 Å². The van der Waals surface area contributed by atoms with Crippen LogP contribution in [0.25, 0.3) is 5.69 Å². The standard InChI is InChI=1S/C14H15N5O2/c1-14(2,3)21-13(20)17-12-16-9-19(18-12)11-6-4-10(8-15)5-7-11/h4-7,9H,1-3H3,(H,17,18,20). The predicted octanol–water partition coefficient (Wildman–Crippen LogP) is 2.49. The van der Waals surface area contributed by atoms with E-state index in [0.29, 0.717) is 5.56 Å². The number of amides is 1. The van der Waals surface area contributed by atoms with Gasteiger partial charge in [0.15, 0.2) is 0 Å². The molecular weight excluding hydrogens is 270 g/mol. The molecule has 1 heterocycles. The van der Waals surface area contributed by atoms with Crippen LogP contribution in [0.5, 0.6) is 0 Å². The number of aromatic nitrogens is 3. The van der Waals surface area contributed by atoms with E-state index in [1.165, 1.54) is 11.0 Å². The summed E-state index contributed by atoms with van der Waals surface area (Å²) >= 11 is 0. The van der Waals surface area contributed by atoms with Crippen LogP contribution >= 0.6 is 0 Å². The summed E-state index contributed by atoms with van der Waals surface area (Å²) in [7, 11) is 0. The Morgan fingerprint density at radius 3 is 2.57 bits per heavy atom. The molecule has 21 heavy (non-hydrogen) atoms. The predicted molar refractivity (Wildman–Crippen MR) is 75.9 cm³/mol. The molecule has 0 aliphatic heterocycles. The third-order valence-electron chi connectivity index (χ3n) is 2.37. The number of carbonyl (C=O) groups is 1. The summed E-state index contributed by atoms with van der Waals surface area (Å²) in [5.74, 6) is 0.147. The SMILES string of the molecule is CC(C)(C)OC(=O)Nc1ncn(-c2ccc(C#N)cc2)n1. The van der Waals surface area contributed by atoms with Gasteiger partial charge in [0.2, 0.25) is 0 Å². The fraction of sp³-hybridized carbons (Fsp3) is 0.286. The number of anilines is 1. The Morgan fingerprint density at radius 1 is 1.33 bits per heavy atom. The Labute approximate surface area is 122 Å². The van der Waals surface area contributed by atoms with Crippen molar-refractivity contribution in [3.8, 4) is 11.8 Å². The number of hydrogen-bond acceptors (Lipinski definition) is 5. The van der Waals surface area contributed by atoms with E-state index < -0.39 is 11.7 Å². The molecule has 0 aliphatic carbocycles. The third-order valence-corrected chi connectivity index (χ3v) is 2.37. The van der Waals surface area contributed by atoms with Gasteiger partial charge in [-0.2, -0.15) is 10.2 Å². The molecule has 0 atom stereocenters. The van der Waals surface area contributed by atoms with Crippen molar-refractivity contribution in [3.63, 3.8) is 0 Å². The van der Waals surface area contributed by atoms with Gasteiger partial charge in [0.25, 0.3) is 5.95 Å². The molecule has 2 aromatic rings. The van der Waals surface area contributed by atoms with E-state index in [-0.39, 0.29) is 5.95 Å². The summed E-state index contributed by atoms with van der Waals surface area (Å²) < 4.78 is 6.61. The van der Waals surface area contributed by atoms with Gasteiger partial charge in [-0.25, -0.2) is 9.48 Å². The molecule has 0 saturated heterocycles. The van der Waals surface area contributed by atoms with Crippen LogP contribution in [0, 0.1) is 11.3 Å². The average molecular weight is 285 g/mol. The first kappa shape index (κ1) is 14.5. The second kappa shape index (κ2) is 5.63. The number of hydrogen-bond donors (Lipinski definition) is 1. The minimum atomic E-state index is -0.611. The van der Waals surface area contributed by atoms with Crippen molar-refractivity contribution in [2.24, 2.45) is 0 Å². The minimum absolute atomic E-state index is 0.147. The van der Waals surface area contributed by atoms with Gasteiger partial charge in [0.1, 0.15) is 11.9 Å². The van der Waals surface area contributed by atoms with Crippen molar-refractivity contribution in [3.05, 3.63) is 36.2 Å². The summed E-state index contributed by atoms with van der Waals surface area (Å²) in [6, 6.07) is 8.88. The summed E-state index contributed by atoms with van der Waals surface area (Å²) in [5.41, 5.74) is 0.712. The molecule has 0 spiro atoms. The lowest BCUT2D eigenvalue weighted by Gasteiger charge is -2.18. The third kappa shape index (κ3) is 4.04. The maximum absolute atomic E-state index is 11.6. The Hall–Kier alpha value is -2.88. The fourth-order valence-corrected chi connectivity index (χ4v) is 1.53. The van der Waals surface area contributed by atoms with Crippen LogP contribution in [0.1, 0.15) is 26.3 Å². The van der Waals surface area contributed by atoms with Crippen molar-refractivity contribution in [1.29, 1.82) is 5.26 Å². The van der Waals surface area contributed by atoms with Crippen LogP contribution < -0.4 is 5.32 Å². The van der Waals surface area contributed by atoms with E-state index in [0.717, 1.165) is 5.69 Å². The number of nitriles is 1. The molecule has 1 N–H and O–H groups in total. The molecule has 0 unspecified atom stereocenters. The molecule has 1 amide bonds. The highest BCUT2D eigenvalue weighted by Gasteiger charge is 2.17. The molecule has 108 valence electrons. The van der Waals surface area contributed by atoms with Crippen molar-refractivity contribution in [2.45, 2.75) is 26.4 Å². The van der Waals surface area contributed by atoms with E-state index in [1.54, 1.807) is 45.0 Å². The van der Waals surface area contributed by atoms with Gasteiger partial charge >= 0.3 is 6.09 Å². The topological polar surface area (TPSA) is 92.8 Å². The van der Waals surface area contributed by atoms with Gasteiger partial charge in [-0.3, -0.25) is 5.32 Å². The zero-order chi connectivity index (χ0) is 15.5. The normalized spacial score (nSPS) is 10.8. The summed E-state index contributed by atoms with van der Waals surface area (Å²) in [5, 5.41) is 15.3. The zero-order valence-corrected chi connectivity index (χ0v) is 12.0. The summed E-state index contributed by atoms with van der Waals surface area (Å²) in [4.78, 5) is 15.6. The van der Waals surface area contributed by atoms with Crippen LogP contribution in [0.3, 0.4) is 0 Å². The highest BCUT2D eigenvalue weighted by molar-refractivity contribution is 5.82. The quantitative estimate of drug-likeness (QED) is 0.915. The molecule has 2 rings (SSSR count). The van der Waals surface area contributed by atoms with Gasteiger partial charge in [0.05, 0.1) is 17.3 Å². The van der Waals surface area contributed by atoms with E-state index >= 15 is 0 Å². The number of nitrogens with one attached hydrogen (secondary N) is 1. The number of benzene rings is 1. The van der Waals surface area contributed by atoms with Crippen molar-refractivity contribution < 1.29 is 9.53 Å². The molecule has 0 aliphatic rings. The van der Waals surface area contributed by atoms with Gasteiger partial charge in [-0.15, -0.1) is 5.10 Å². The van der Waals surface area contributed by atoms with E-state index in [9.17, 15) is 4.79 Å². The smallest absolute Gasteiger partial charge is 0.414 e. The average Bonchev–Trinajstić information content (AvgIpc) is 2.85. The van der Waals surface area contributed by atoms with Crippen molar-refractivity contribution in [2.75, 3.05) is 5.32 Å². The first-order chi connectivity index (χ1) is 9.87. The maximum Gasteiger partial charge on any atom is 0.414 e. The van der Waals surface area contributed by atoms with Gasteiger partial charge in [-0.1, -0.05) is 0 Å². The number of ether oxygens (including phenoxy) is 1. The van der Waals surface area contributed by atoms with Gasteiger partial charge < -0.3 is 4.74 Å². The molecule has 1 aromatic heterocycles. The second-order valence-electron chi connectivity index (χ2n) is 5.30. The first-order valence-electron chi connectivity index (χ1n) is 6.29. The fourth-order valence-electron chi connectivity index (χ4n) is 1.53. The van der Waals surface area contributed by atoms with Crippen LogP contribution in [0.4, 0.5) is 10.7 Å². The lowest BCUT2D eigenvalue weighted by atomic mass is 10.2. The number of rotatable bonds is 2. The molecule has 0 bridgehead atoms. The Balaban J connectivity index is 2.07. The first-order valence-corrected chi connectivity index (χ1v) is 6.29.